The smallest absolute Gasteiger partial charge is 0.252 e. The van der Waals surface area contributed by atoms with Crippen LogP contribution in [0.25, 0.3) is 44.2 Å². The summed E-state index contributed by atoms with van der Waals surface area (Å²) in [7, 11) is 0. The Balaban J connectivity index is 1.20. The van der Waals surface area contributed by atoms with E-state index in [1.165, 1.54) is 55.6 Å². The van der Waals surface area contributed by atoms with Gasteiger partial charge in [-0.25, -0.2) is 0 Å². The zero-order valence-electron chi connectivity index (χ0n) is 45.9. The van der Waals surface area contributed by atoms with Crippen LogP contribution < -0.4 is 31.1 Å². The van der Waals surface area contributed by atoms with E-state index in [-0.39, 0.29) is 23.0 Å². The lowest BCUT2D eigenvalue weighted by molar-refractivity contribution is 0.590. The number of allylic oxidation sites excluding steroid dienone is 3. The molecule has 2 aliphatic heterocycles. The first-order valence-corrected chi connectivity index (χ1v) is 27.1. The van der Waals surface area contributed by atoms with Crippen LogP contribution >= 0.6 is 0 Å². The van der Waals surface area contributed by atoms with E-state index >= 15 is 0 Å². The van der Waals surface area contributed by atoms with Gasteiger partial charge in [0.1, 0.15) is 11.2 Å². The van der Waals surface area contributed by atoms with Gasteiger partial charge in [0, 0.05) is 61.8 Å². The van der Waals surface area contributed by atoms with Crippen molar-refractivity contribution in [2.75, 3.05) is 14.7 Å². The molecular formula is C72H66BN3O. The maximum absolute atomic E-state index is 6.49. The Bertz CT molecular complexity index is 3990. The number of rotatable bonds is 9. The summed E-state index contributed by atoms with van der Waals surface area (Å²) in [5.74, 6) is 0. The highest BCUT2D eigenvalue weighted by Crippen LogP contribution is 2.50. The van der Waals surface area contributed by atoms with E-state index in [1.807, 2.05) is 24.3 Å². The summed E-state index contributed by atoms with van der Waals surface area (Å²) in [6.07, 6.45) is 5.80. The number of para-hydroxylation sites is 2. The van der Waals surface area contributed by atoms with Crippen LogP contribution in [0.15, 0.2) is 236 Å². The fourth-order valence-electron chi connectivity index (χ4n) is 11.8. The van der Waals surface area contributed by atoms with Crippen LogP contribution in [0.5, 0.6) is 0 Å². The van der Waals surface area contributed by atoms with Crippen molar-refractivity contribution < 1.29 is 4.42 Å². The normalized spacial score (nSPS) is 13.4. The average Bonchev–Trinajstić information content (AvgIpc) is 4.00. The zero-order valence-corrected chi connectivity index (χ0v) is 45.9. The second-order valence-electron chi connectivity index (χ2n) is 23.9. The molecule has 0 radical (unpaired) electrons. The van der Waals surface area contributed by atoms with Crippen molar-refractivity contribution in [1.82, 2.24) is 0 Å². The molecule has 12 rings (SSSR count). The number of benzene rings is 9. The molecular weight excluding hydrogens is 934 g/mol. The predicted molar refractivity (Wildman–Crippen MR) is 332 cm³/mol. The van der Waals surface area contributed by atoms with Crippen molar-refractivity contribution >= 4 is 90.5 Å². The van der Waals surface area contributed by atoms with Crippen molar-refractivity contribution in [3.63, 3.8) is 0 Å². The second kappa shape index (κ2) is 18.6. The number of hydrogen-bond acceptors (Lipinski definition) is 4. The molecule has 5 heteroatoms. The number of fused-ring (bicyclic) bond motifs is 7. The third-order valence-electron chi connectivity index (χ3n) is 15.8. The number of furan rings is 1. The Hall–Kier alpha value is -8.54. The first-order valence-electron chi connectivity index (χ1n) is 27.1. The first kappa shape index (κ1) is 49.3. The molecule has 9 aromatic carbocycles. The standard InChI is InChI=1S/C72H66BN3O/c1-12-24-52(13-2)74(53-28-18-15-19-29-53)55-37-38-59-63(46-55)75(54-30-22-27-48(41-54)56-32-23-34-67-68(56)57-31-20-21-33-66(57)77-67)64-44-51(72(9,10)11)45-65-69(64)73(59)60-43-50(71(6,7)8)36-40-62(60)76(65)61-39-35-49(70(3,4)5)42-58(61)47-25-16-14-17-26-47/h12-46H,1-2H2,3-11H3/b52-24+. The summed E-state index contributed by atoms with van der Waals surface area (Å²) in [6, 6.07) is 72.1. The van der Waals surface area contributed by atoms with Gasteiger partial charge < -0.3 is 19.1 Å². The van der Waals surface area contributed by atoms with Crippen LogP contribution in [-0.4, -0.2) is 6.71 Å². The molecule has 77 heavy (non-hydrogen) atoms. The highest BCUT2D eigenvalue weighted by atomic mass is 16.3. The third-order valence-corrected chi connectivity index (χ3v) is 15.8. The number of nitrogens with zero attached hydrogens (tertiary/aromatic N) is 3. The molecule has 0 amide bonds. The van der Waals surface area contributed by atoms with Crippen molar-refractivity contribution in [2.45, 2.75) is 78.6 Å². The maximum Gasteiger partial charge on any atom is 0.252 e. The van der Waals surface area contributed by atoms with Crippen molar-refractivity contribution in [3.8, 4) is 22.3 Å². The van der Waals surface area contributed by atoms with Gasteiger partial charge >= 0.3 is 0 Å². The Labute approximate surface area is 456 Å². The molecule has 1 aromatic heterocycles. The molecule has 0 saturated carbocycles. The van der Waals surface area contributed by atoms with Crippen LogP contribution in [0.3, 0.4) is 0 Å². The summed E-state index contributed by atoms with van der Waals surface area (Å²) in [5.41, 5.74) is 23.5. The number of anilines is 8. The Kier molecular flexibility index (Phi) is 11.9. The summed E-state index contributed by atoms with van der Waals surface area (Å²) < 4.78 is 6.49. The minimum absolute atomic E-state index is 0.0578. The molecule has 0 bridgehead atoms. The van der Waals surface area contributed by atoms with Gasteiger partial charge in [-0.2, -0.15) is 0 Å². The largest absolute Gasteiger partial charge is 0.456 e. The molecule has 10 aromatic rings. The highest BCUT2D eigenvalue weighted by Gasteiger charge is 2.45. The van der Waals surface area contributed by atoms with E-state index in [0.29, 0.717) is 0 Å². The minimum atomic E-state index is -0.215. The number of hydrogen-bond donors (Lipinski definition) is 0. The van der Waals surface area contributed by atoms with Gasteiger partial charge in [0.05, 0.1) is 5.69 Å². The Morgan fingerprint density at radius 1 is 0.468 bits per heavy atom. The van der Waals surface area contributed by atoms with Crippen molar-refractivity contribution in [3.05, 3.63) is 248 Å². The minimum Gasteiger partial charge on any atom is -0.456 e. The molecule has 3 heterocycles. The fraction of sp³-hybridized carbons (Fsp3) is 0.167. The van der Waals surface area contributed by atoms with Gasteiger partial charge in [0.25, 0.3) is 6.71 Å². The van der Waals surface area contributed by atoms with Gasteiger partial charge in [-0.05, 0) is 157 Å². The Morgan fingerprint density at radius 3 is 1.79 bits per heavy atom. The molecule has 4 nitrogen and oxygen atoms in total. The van der Waals surface area contributed by atoms with Crippen LogP contribution in [0, 0.1) is 0 Å². The molecule has 0 aliphatic carbocycles. The lowest BCUT2D eigenvalue weighted by Crippen LogP contribution is -2.61. The third kappa shape index (κ3) is 8.50. The molecule has 0 fully saturated rings. The topological polar surface area (TPSA) is 22.9 Å². The van der Waals surface area contributed by atoms with E-state index in [4.69, 9.17) is 4.42 Å². The second-order valence-corrected chi connectivity index (χ2v) is 23.9. The summed E-state index contributed by atoms with van der Waals surface area (Å²) in [4.78, 5) is 7.46. The zero-order chi connectivity index (χ0) is 53.5. The predicted octanol–water partition coefficient (Wildman–Crippen LogP) is 18.3. The van der Waals surface area contributed by atoms with E-state index in [1.54, 1.807) is 0 Å². The van der Waals surface area contributed by atoms with Gasteiger partial charge in [-0.1, -0.05) is 197 Å². The lowest BCUT2D eigenvalue weighted by atomic mass is 9.33. The van der Waals surface area contributed by atoms with Crippen LogP contribution in [-0.2, 0) is 16.2 Å². The Morgan fingerprint density at radius 2 is 1.09 bits per heavy atom. The molecule has 0 unspecified atom stereocenters. The average molecular weight is 1000 g/mol. The summed E-state index contributed by atoms with van der Waals surface area (Å²) >= 11 is 0. The van der Waals surface area contributed by atoms with Gasteiger partial charge in [-0.15, -0.1) is 0 Å². The molecule has 0 spiro atoms. The quantitative estimate of drug-likeness (QED) is 0.106. The highest BCUT2D eigenvalue weighted by molar-refractivity contribution is 7.00. The van der Waals surface area contributed by atoms with Gasteiger partial charge in [0.15, 0.2) is 0 Å². The summed E-state index contributed by atoms with van der Waals surface area (Å²) in [5, 5.41) is 2.23. The van der Waals surface area contributed by atoms with Crippen LogP contribution in [0.1, 0.15) is 79.0 Å². The van der Waals surface area contributed by atoms with E-state index < -0.39 is 0 Å². The van der Waals surface area contributed by atoms with Crippen molar-refractivity contribution in [2.24, 2.45) is 0 Å². The van der Waals surface area contributed by atoms with Gasteiger partial charge in [0.2, 0.25) is 0 Å². The van der Waals surface area contributed by atoms with Gasteiger partial charge in [-0.3, -0.25) is 0 Å². The molecule has 0 N–H and O–H groups in total. The summed E-state index contributed by atoms with van der Waals surface area (Å²) in [6.45, 7) is 29.3. The fourth-order valence-corrected chi connectivity index (χ4v) is 11.8. The van der Waals surface area contributed by atoms with E-state index in [0.717, 1.165) is 72.9 Å². The molecule has 378 valence electrons. The first-order chi connectivity index (χ1) is 37.0. The van der Waals surface area contributed by atoms with Crippen molar-refractivity contribution in [1.29, 1.82) is 0 Å². The SMILES string of the molecule is C=C/C=C(\C=C)N(c1ccccc1)c1ccc2c(c1)N(c1cccc(-c3cccc4oc5ccccc5c34)c1)c1cc(C(C)(C)C)cc3c1B2c1cc(C(C)(C)C)ccc1N3c1ccc(C(C)(C)C)cc1-c1ccccc1. The van der Waals surface area contributed by atoms with Crippen LogP contribution in [0.4, 0.5) is 45.5 Å². The molecule has 2 aliphatic rings. The molecule has 0 saturated heterocycles. The van der Waals surface area contributed by atoms with E-state index in [9.17, 15) is 0 Å². The maximum atomic E-state index is 6.49. The van der Waals surface area contributed by atoms with Crippen LogP contribution in [0.2, 0.25) is 0 Å². The van der Waals surface area contributed by atoms with E-state index in [2.05, 4.69) is 278 Å². The lowest BCUT2D eigenvalue weighted by Gasteiger charge is -2.46. The molecule has 0 atom stereocenters. The monoisotopic (exact) mass is 1000 g/mol.